The van der Waals surface area contributed by atoms with Crippen LogP contribution in [0.15, 0.2) is 0 Å². The molecule has 2 N–H and O–H groups in total. The van der Waals surface area contributed by atoms with Gasteiger partial charge in [-0.2, -0.15) is 0 Å². The third kappa shape index (κ3) is 4.45. The van der Waals surface area contributed by atoms with Gasteiger partial charge in [-0.05, 0) is 26.7 Å². The predicted octanol–water partition coefficient (Wildman–Crippen LogP) is 1.56. The Bertz CT molecular complexity index is 231. The molecule has 0 radical (unpaired) electrons. The van der Waals surface area contributed by atoms with Crippen LogP contribution >= 0.6 is 12.4 Å². The van der Waals surface area contributed by atoms with Gasteiger partial charge in [-0.1, -0.05) is 12.8 Å². The Hall–Kier alpha value is -0.320. The summed E-state index contributed by atoms with van der Waals surface area (Å²) in [7, 11) is 1.57. The largest absolute Gasteiger partial charge is 0.383 e. The average Bonchev–Trinajstić information content (AvgIpc) is 2.71. The summed E-state index contributed by atoms with van der Waals surface area (Å²) in [5.74, 6) is 0.0313. The monoisotopic (exact) mass is 264 g/mol. The van der Waals surface area contributed by atoms with E-state index in [1.807, 2.05) is 4.90 Å². The van der Waals surface area contributed by atoms with Crippen LogP contribution < -0.4 is 5.73 Å². The smallest absolute Gasteiger partial charge is 0.242 e. The van der Waals surface area contributed by atoms with Gasteiger partial charge in [0.05, 0.1) is 6.61 Å². The van der Waals surface area contributed by atoms with E-state index in [0.29, 0.717) is 12.6 Å². The lowest BCUT2D eigenvalue weighted by molar-refractivity contribution is -0.138. The number of hydrogen-bond acceptors (Lipinski definition) is 3. The molecule has 1 aliphatic carbocycles. The number of amides is 1. The summed E-state index contributed by atoms with van der Waals surface area (Å²) < 4.78 is 4.94. The molecule has 0 spiro atoms. The lowest BCUT2D eigenvalue weighted by Crippen LogP contribution is -2.52. The summed E-state index contributed by atoms with van der Waals surface area (Å²) >= 11 is 0. The third-order valence-electron chi connectivity index (χ3n) is 3.19. The van der Waals surface area contributed by atoms with Gasteiger partial charge in [0, 0.05) is 19.2 Å². The molecule has 102 valence electrons. The number of carbonyl (C=O) groups is 1. The van der Waals surface area contributed by atoms with Crippen LogP contribution in [0.2, 0.25) is 0 Å². The molecule has 1 amide bonds. The normalized spacial score (nSPS) is 17.9. The first-order chi connectivity index (χ1) is 7.57. The van der Waals surface area contributed by atoms with Crippen molar-refractivity contribution in [3.63, 3.8) is 0 Å². The molecule has 0 aromatic rings. The first-order valence-corrected chi connectivity index (χ1v) is 6.14. The number of nitrogens with zero attached hydrogens (tertiary/aromatic N) is 1. The molecule has 1 fully saturated rings. The fourth-order valence-corrected chi connectivity index (χ4v) is 2.48. The van der Waals surface area contributed by atoms with Crippen LogP contribution in [0.3, 0.4) is 0 Å². The van der Waals surface area contributed by atoms with Crippen LogP contribution in [-0.4, -0.2) is 42.6 Å². The van der Waals surface area contributed by atoms with E-state index in [0.717, 1.165) is 12.8 Å². The second kappa shape index (κ2) is 7.90. The van der Waals surface area contributed by atoms with Crippen molar-refractivity contribution in [1.29, 1.82) is 0 Å². The topological polar surface area (TPSA) is 55.6 Å². The van der Waals surface area contributed by atoms with Crippen molar-refractivity contribution in [2.45, 2.75) is 57.7 Å². The van der Waals surface area contributed by atoms with Crippen LogP contribution in [0.1, 0.15) is 39.5 Å². The van der Waals surface area contributed by atoms with Gasteiger partial charge >= 0.3 is 0 Å². The number of hydrogen-bond donors (Lipinski definition) is 1. The molecule has 0 aromatic carbocycles. The molecular weight excluding hydrogens is 240 g/mol. The lowest BCUT2D eigenvalue weighted by Gasteiger charge is -2.34. The first-order valence-electron chi connectivity index (χ1n) is 6.14. The van der Waals surface area contributed by atoms with Crippen LogP contribution in [0.5, 0.6) is 0 Å². The van der Waals surface area contributed by atoms with Gasteiger partial charge in [0.25, 0.3) is 0 Å². The van der Waals surface area contributed by atoms with Crippen molar-refractivity contribution in [2.24, 2.45) is 5.73 Å². The Balaban J connectivity index is 0.00000256. The molecule has 17 heavy (non-hydrogen) atoms. The number of rotatable bonds is 5. The molecule has 1 saturated carbocycles. The zero-order chi connectivity index (χ0) is 12.1. The van der Waals surface area contributed by atoms with Crippen LogP contribution in [-0.2, 0) is 9.53 Å². The number of methoxy groups -OCH3 is 1. The minimum absolute atomic E-state index is 0. The summed E-state index contributed by atoms with van der Waals surface area (Å²) in [4.78, 5) is 14.1. The Morgan fingerprint density at radius 2 is 1.94 bits per heavy atom. The van der Waals surface area contributed by atoms with Crippen molar-refractivity contribution >= 4 is 18.3 Å². The first kappa shape index (κ1) is 16.7. The quantitative estimate of drug-likeness (QED) is 0.820. The van der Waals surface area contributed by atoms with Crippen molar-refractivity contribution in [1.82, 2.24) is 4.90 Å². The van der Waals surface area contributed by atoms with E-state index in [1.165, 1.54) is 12.8 Å². The van der Waals surface area contributed by atoms with Crippen molar-refractivity contribution < 1.29 is 9.53 Å². The molecule has 4 nitrogen and oxygen atoms in total. The summed E-state index contributed by atoms with van der Waals surface area (Å²) in [5, 5.41) is 0. The van der Waals surface area contributed by atoms with Crippen LogP contribution in [0.25, 0.3) is 0 Å². The maximum atomic E-state index is 12.2. The Morgan fingerprint density at radius 1 is 1.41 bits per heavy atom. The van der Waals surface area contributed by atoms with E-state index in [4.69, 9.17) is 10.5 Å². The van der Waals surface area contributed by atoms with Gasteiger partial charge in [-0.3, -0.25) is 4.79 Å². The van der Waals surface area contributed by atoms with Crippen molar-refractivity contribution in [3.8, 4) is 0 Å². The highest BCUT2D eigenvalue weighted by Crippen LogP contribution is 2.25. The van der Waals surface area contributed by atoms with E-state index < -0.39 is 6.04 Å². The van der Waals surface area contributed by atoms with Crippen molar-refractivity contribution in [3.05, 3.63) is 0 Å². The van der Waals surface area contributed by atoms with Gasteiger partial charge in [0.2, 0.25) is 5.91 Å². The van der Waals surface area contributed by atoms with E-state index in [1.54, 1.807) is 7.11 Å². The van der Waals surface area contributed by atoms with E-state index in [2.05, 4.69) is 13.8 Å². The lowest BCUT2D eigenvalue weighted by atomic mass is 10.1. The van der Waals surface area contributed by atoms with Gasteiger partial charge < -0.3 is 15.4 Å². The molecule has 0 heterocycles. The predicted molar refractivity (Wildman–Crippen MR) is 71.3 cm³/mol. The number of halogens is 1. The van der Waals surface area contributed by atoms with Crippen molar-refractivity contribution in [2.75, 3.05) is 13.7 Å². The molecule has 0 aliphatic heterocycles. The second-order valence-electron chi connectivity index (χ2n) is 4.84. The maximum Gasteiger partial charge on any atom is 0.242 e. The Morgan fingerprint density at radius 3 is 2.35 bits per heavy atom. The number of nitrogens with two attached hydrogens (primary N) is 1. The molecule has 0 bridgehead atoms. The summed E-state index contributed by atoms with van der Waals surface area (Å²) in [6, 6.07) is 0.0851. The van der Waals surface area contributed by atoms with E-state index in [-0.39, 0.29) is 24.4 Å². The zero-order valence-electron chi connectivity index (χ0n) is 11.0. The highest BCUT2D eigenvalue weighted by atomic mass is 35.5. The molecule has 1 atom stereocenters. The average molecular weight is 265 g/mol. The third-order valence-corrected chi connectivity index (χ3v) is 3.19. The molecule has 0 aromatic heterocycles. The fraction of sp³-hybridized carbons (Fsp3) is 0.917. The summed E-state index contributed by atoms with van der Waals surface area (Å²) in [5.41, 5.74) is 5.82. The van der Waals surface area contributed by atoms with Gasteiger partial charge in [0.15, 0.2) is 0 Å². The SMILES string of the molecule is COCC(N)C(=O)N(C(C)C)C1CCCC1.Cl. The van der Waals surface area contributed by atoms with E-state index in [9.17, 15) is 4.79 Å². The van der Waals surface area contributed by atoms with Crippen LogP contribution in [0.4, 0.5) is 0 Å². The molecule has 1 unspecified atom stereocenters. The van der Waals surface area contributed by atoms with Gasteiger partial charge in [-0.25, -0.2) is 0 Å². The molecular formula is C12H25ClN2O2. The van der Waals surface area contributed by atoms with Gasteiger partial charge in [-0.15, -0.1) is 12.4 Å². The molecule has 5 heteroatoms. The minimum Gasteiger partial charge on any atom is -0.383 e. The van der Waals surface area contributed by atoms with Crippen LogP contribution in [0, 0.1) is 0 Å². The maximum absolute atomic E-state index is 12.2. The highest BCUT2D eigenvalue weighted by Gasteiger charge is 2.31. The molecule has 1 rings (SSSR count). The minimum atomic E-state index is -0.520. The Kier molecular flexibility index (Phi) is 7.75. The highest BCUT2D eigenvalue weighted by molar-refractivity contribution is 5.85. The number of carbonyl (C=O) groups excluding carboxylic acids is 1. The molecule has 0 saturated heterocycles. The molecule has 1 aliphatic rings. The standard InChI is InChI=1S/C12H24N2O2.ClH/c1-9(2)14(10-6-4-5-7-10)12(15)11(13)8-16-3;/h9-11H,4-8,13H2,1-3H3;1H. The second-order valence-corrected chi connectivity index (χ2v) is 4.84. The summed E-state index contributed by atoms with van der Waals surface area (Å²) in [6.45, 7) is 4.40. The van der Waals surface area contributed by atoms with Gasteiger partial charge in [0.1, 0.15) is 6.04 Å². The Labute approximate surface area is 110 Å². The fourth-order valence-electron chi connectivity index (χ4n) is 2.48. The summed E-state index contributed by atoms with van der Waals surface area (Å²) in [6.07, 6.45) is 4.68. The number of ether oxygens (including phenoxy) is 1. The van der Waals surface area contributed by atoms with E-state index >= 15 is 0 Å². The zero-order valence-corrected chi connectivity index (χ0v) is 11.8.